The van der Waals surface area contributed by atoms with E-state index in [2.05, 4.69) is 27.1 Å². The van der Waals surface area contributed by atoms with Crippen molar-refractivity contribution in [2.24, 2.45) is 0 Å². The first-order valence-electron chi connectivity index (χ1n) is 13.9. The molecule has 2 fully saturated rings. The maximum Gasteiger partial charge on any atom is 0.495 e. The molecule has 1 N–H and O–H groups in total. The van der Waals surface area contributed by atoms with Crippen LogP contribution in [0.3, 0.4) is 0 Å². The van der Waals surface area contributed by atoms with Gasteiger partial charge < -0.3 is 29.2 Å². The molecule has 214 valence electrons. The Morgan fingerprint density at radius 2 is 1.68 bits per heavy atom. The SMILES string of the molecule is CN1CCN(c2ccc(Nc3ccc(B4OC(C)(C)C(C)(C)O4)c4c3C(=O)N(C(=O)OC(C)(C)C)C4)nc2)CC1. The van der Waals surface area contributed by atoms with Crippen molar-refractivity contribution in [3.05, 3.63) is 41.6 Å². The summed E-state index contributed by atoms with van der Waals surface area (Å²) >= 11 is 0. The number of aromatic nitrogens is 1. The molecule has 4 heterocycles. The molecule has 1 aromatic heterocycles. The number of hydrogen-bond donors (Lipinski definition) is 1. The van der Waals surface area contributed by atoms with Crippen molar-refractivity contribution in [2.75, 3.05) is 43.4 Å². The van der Waals surface area contributed by atoms with Gasteiger partial charge in [-0.15, -0.1) is 0 Å². The van der Waals surface area contributed by atoms with E-state index in [1.165, 1.54) is 0 Å². The highest BCUT2D eigenvalue weighted by Crippen LogP contribution is 2.38. The van der Waals surface area contributed by atoms with Crippen LogP contribution in [0.2, 0.25) is 0 Å². The van der Waals surface area contributed by atoms with Gasteiger partial charge in [0.15, 0.2) is 0 Å². The lowest BCUT2D eigenvalue weighted by Gasteiger charge is -2.33. The molecule has 0 aliphatic carbocycles. The second kappa shape index (κ2) is 10.0. The van der Waals surface area contributed by atoms with Gasteiger partial charge in [-0.05, 0) is 84.7 Å². The average molecular weight is 549 g/mol. The first kappa shape index (κ1) is 28.4. The third kappa shape index (κ3) is 5.42. The highest BCUT2D eigenvalue weighted by molar-refractivity contribution is 6.63. The van der Waals surface area contributed by atoms with Crippen LogP contribution < -0.4 is 15.7 Å². The lowest BCUT2D eigenvalue weighted by molar-refractivity contribution is 0.00578. The van der Waals surface area contributed by atoms with Crippen LogP contribution in [0.4, 0.5) is 22.0 Å². The number of carbonyl (C=O) groups is 2. The van der Waals surface area contributed by atoms with E-state index in [-0.39, 0.29) is 6.54 Å². The van der Waals surface area contributed by atoms with Crippen LogP contribution in [0.1, 0.15) is 64.4 Å². The normalized spacial score (nSPS) is 20.6. The molecule has 40 heavy (non-hydrogen) atoms. The van der Waals surface area contributed by atoms with E-state index in [0.29, 0.717) is 22.6 Å². The molecule has 2 saturated heterocycles. The number of benzene rings is 1. The zero-order valence-corrected chi connectivity index (χ0v) is 24.8. The van der Waals surface area contributed by atoms with Crippen molar-refractivity contribution >= 4 is 41.8 Å². The quantitative estimate of drug-likeness (QED) is 0.572. The van der Waals surface area contributed by atoms with Crippen molar-refractivity contribution in [3.8, 4) is 0 Å². The van der Waals surface area contributed by atoms with Gasteiger partial charge in [-0.25, -0.2) is 14.7 Å². The molecule has 0 atom stereocenters. The minimum absolute atomic E-state index is 0.0633. The molecule has 11 heteroatoms. The number of pyridine rings is 1. The van der Waals surface area contributed by atoms with E-state index in [9.17, 15) is 9.59 Å². The van der Waals surface area contributed by atoms with E-state index in [0.717, 1.165) is 42.2 Å². The van der Waals surface area contributed by atoms with Crippen LogP contribution in [0.25, 0.3) is 0 Å². The number of ether oxygens (including phenoxy) is 1. The average Bonchev–Trinajstić information content (AvgIpc) is 3.31. The molecule has 10 nitrogen and oxygen atoms in total. The number of hydrogen-bond acceptors (Lipinski definition) is 9. The molecule has 3 aliphatic heterocycles. The Morgan fingerprint density at radius 3 is 2.25 bits per heavy atom. The van der Waals surface area contributed by atoms with E-state index >= 15 is 0 Å². The van der Waals surface area contributed by atoms with Gasteiger partial charge in [0.1, 0.15) is 11.4 Å². The van der Waals surface area contributed by atoms with Gasteiger partial charge in [0.05, 0.1) is 40.9 Å². The maximum absolute atomic E-state index is 13.7. The van der Waals surface area contributed by atoms with Crippen molar-refractivity contribution in [1.82, 2.24) is 14.8 Å². The fraction of sp³-hybridized carbons (Fsp3) is 0.552. The summed E-state index contributed by atoms with van der Waals surface area (Å²) in [7, 11) is 1.45. The summed E-state index contributed by atoms with van der Waals surface area (Å²) in [6.45, 7) is 17.3. The van der Waals surface area contributed by atoms with Crippen LogP contribution in [0.15, 0.2) is 30.5 Å². The van der Waals surface area contributed by atoms with Gasteiger partial charge >= 0.3 is 13.2 Å². The third-order valence-electron chi connectivity index (χ3n) is 8.12. The summed E-state index contributed by atoms with van der Waals surface area (Å²) in [5.74, 6) is 0.172. The van der Waals surface area contributed by atoms with Crippen molar-refractivity contribution < 1.29 is 23.6 Å². The number of nitrogens with one attached hydrogen (secondary N) is 1. The largest absolute Gasteiger partial charge is 0.495 e. The van der Waals surface area contributed by atoms with Crippen LogP contribution >= 0.6 is 0 Å². The minimum Gasteiger partial charge on any atom is -0.443 e. The molecule has 3 aliphatic rings. The van der Waals surface area contributed by atoms with Crippen LogP contribution in [0, 0.1) is 0 Å². The topological polar surface area (TPSA) is 96.5 Å². The molecule has 0 saturated carbocycles. The summed E-state index contributed by atoms with van der Waals surface area (Å²) in [6, 6.07) is 7.67. The predicted octanol–water partition coefficient (Wildman–Crippen LogP) is 3.77. The summed E-state index contributed by atoms with van der Waals surface area (Å²) in [5.41, 5.74) is 1.57. The van der Waals surface area contributed by atoms with Gasteiger partial charge in [-0.3, -0.25) is 4.79 Å². The molecule has 2 aromatic rings. The number of rotatable bonds is 4. The number of likely N-dealkylation sites (N-methyl/N-ethyl adjacent to an activating group) is 1. The van der Waals surface area contributed by atoms with E-state index in [4.69, 9.17) is 14.0 Å². The number of fused-ring (bicyclic) bond motifs is 1. The zero-order chi connectivity index (χ0) is 29.0. The number of anilines is 3. The number of piperazine rings is 1. The number of imide groups is 1. The first-order chi connectivity index (χ1) is 18.6. The smallest absolute Gasteiger partial charge is 0.443 e. The fourth-order valence-electron chi connectivity index (χ4n) is 5.05. The van der Waals surface area contributed by atoms with E-state index in [1.807, 2.05) is 58.2 Å². The van der Waals surface area contributed by atoms with Gasteiger partial charge in [0.25, 0.3) is 5.91 Å². The van der Waals surface area contributed by atoms with Gasteiger partial charge in [-0.2, -0.15) is 0 Å². The molecule has 2 amide bonds. The predicted molar refractivity (Wildman–Crippen MR) is 155 cm³/mol. The Kier molecular flexibility index (Phi) is 7.13. The summed E-state index contributed by atoms with van der Waals surface area (Å²) < 4.78 is 18.2. The third-order valence-corrected chi connectivity index (χ3v) is 8.12. The zero-order valence-electron chi connectivity index (χ0n) is 24.8. The molecule has 0 spiro atoms. The summed E-state index contributed by atoms with van der Waals surface area (Å²) in [4.78, 5) is 37.1. The highest BCUT2D eigenvalue weighted by Gasteiger charge is 2.53. The second-order valence-corrected chi connectivity index (χ2v) is 12.8. The van der Waals surface area contributed by atoms with Gasteiger partial charge in [-0.1, -0.05) is 6.07 Å². The Hall–Kier alpha value is -3.15. The van der Waals surface area contributed by atoms with Crippen molar-refractivity contribution in [1.29, 1.82) is 0 Å². The van der Waals surface area contributed by atoms with Crippen LogP contribution in [0.5, 0.6) is 0 Å². The van der Waals surface area contributed by atoms with Crippen LogP contribution in [-0.4, -0.2) is 83.9 Å². The Balaban J connectivity index is 1.45. The standard InChI is InChI=1S/C29H40BN5O5/c1-27(2,3)38-26(37)35-18-20-21(30-39-28(4,5)29(6,7)40-30)10-11-22(24(20)25(35)36)32-23-12-9-19(17-31-23)34-15-13-33(8)14-16-34/h9-12,17H,13-16,18H2,1-8H3,(H,31,32). The highest BCUT2D eigenvalue weighted by atomic mass is 16.7. The van der Waals surface area contributed by atoms with E-state index in [1.54, 1.807) is 20.8 Å². The summed E-state index contributed by atoms with van der Waals surface area (Å²) in [6.07, 6.45) is 1.16. The summed E-state index contributed by atoms with van der Waals surface area (Å²) in [5, 5.41) is 3.31. The Morgan fingerprint density at radius 1 is 1.02 bits per heavy atom. The molecule has 0 unspecified atom stereocenters. The monoisotopic (exact) mass is 549 g/mol. The molecule has 0 bridgehead atoms. The number of amides is 2. The Bertz CT molecular complexity index is 1280. The second-order valence-electron chi connectivity index (χ2n) is 12.8. The lowest BCUT2D eigenvalue weighted by Crippen LogP contribution is -2.44. The first-order valence-corrected chi connectivity index (χ1v) is 13.9. The van der Waals surface area contributed by atoms with E-state index < -0.39 is 35.9 Å². The molecule has 5 rings (SSSR count). The van der Waals surface area contributed by atoms with Crippen molar-refractivity contribution in [2.45, 2.75) is 71.8 Å². The van der Waals surface area contributed by atoms with Crippen molar-refractivity contribution in [3.63, 3.8) is 0 Å². The molecule has 1 aromatic carbocycles. The van der Waals surface area contributed by atoms with Gasteiger partial charge in [0, 0.05) is 26.2 Å². The van der Waals surface area contributed by atoms with Crippen LogP contribution in [-0.2, 0) is 20.6 Å². The maximum atomic E-state index is 13.7. The van der Waals surface area contributed by atoms with Gasteiger partial charge in [0.2, 0.25) is 0 Å². The molecular weight excluding hydrogens is 509 g/mol. The molecule has 0 radical (unpaired) electrons. The number of nitrogens with zero attached hydrogens (tertiary/aromatic N) is 4. The number of carbonyl (C=O) groups excluding carboxylic acids is 2. The molecular formula is C29H40BN5O5. The lowest BCUT2D eigenvalue weighted by atomic mass is 9.74. The Labute approximate surface area is 237 Å². The minimum atomic E-state index is -0.739. The fourth-order valence-corrected chi connectivity index (χ4v) is 5.05.